The summed E-state index contributed by atoms with van der Waals surface area (Å²) >= 11 is 12.1. The Kier molecular flexibility index (Phi) is 10.3. The fraction of sp³-hybridized carbons (Fsp3) is 0.444. The molecule has 1 aromatic carbocycles. The molecule has 0 spiro atoms. The number of hydrogen-bond donors (Lipinski definition) is 3. The molecule has 0 saturated carbocycles. The third-order valence-corrected chi connectivity index (χ3v) is 4.62. The lowest BCUT2D eigenvalue weighted by atomic mass is 9.81. The molecule has 0 aliphatic carbocycles. The smallest absolute Gasteiger partial charge is 0.328 e. The molecule has 0 radical (unpaired) electrons. The van der Waals surface area contributed by atoms with E-state index in [0.29, 0.717) is 34.0 Å². The van der Waals surface area contributed by atoms with Crippen LogP contribution in [-0.4, -0.2) is 48.5 Å². The Labute approximate surface area is 162 Å². The zero-order valence-electron chi connectivity index (χ0n) is 14.5. The van der Waals surface area contributed by atoms with Gasteiger partial charge in [0.25, 0.3) is 0 Å². The van der Waals surface area contributed by atoms with Gasteiger partial charge in [-0.05, 0) is 43.5 Å². The topological polar surface area (TPSA) is 95.9 Å². The Morgan fingerprint density at radius 1 is 1.23 bits per heavy atom. The van der Waals surface area contributed by atoms with E-state index in [1.54, 1.807) is 0 Å². The van der Waals surface area contributed by atoms with Crippen molar-refractivity contribution in [3.63, 3.8) is 0 Å². The van der Waals surface area contributed by atoms with Crippen molar-refractivity contribution < 1.29 is 24.5 Å². The van der Waals surface area contributed by atoms with Crippen LogP contribution in [0.2, 0.25) is 10.0 Å². The van der Waals surface area contributed by atoms with Gasteiger partial charge >= 0.3 is 11.9 Å². The predicted octanol–water partition coefficient (Wildman–Crippen LogP) is 3.43. The molecule has 2 atom stereocenters. The van der Waals surface area contributed by atoms with Crippen molar-refractivity contribution in [2.75, 3.05) is 26.3 Å². The van der Waals surface area contributed by atoms with Gasteiger partial charge in [-0.3, -0.25) is 0 Å². The Morgan fingerprint density at radius 2 is 1.88 bits per heavy atom. The minimum absolute atomic E-state index is 0.507. The van der Waals surface area contributed by atoms with Crippen molar-refractivity contribution in [3.05, 3.63) is 46.0 Å². The van der Waals surface area contributed by atoms with E-state index in [0.717, 1.165) is 32.7 Å². The molecule has 0 bridgehead atoms. The second-order valence-electron chi connectivity index (χ2n) is 5.70. The van der Waals surface area contributed by atoms with Gasteiger partial charge < -0.3 is 20.3 Å². The molecule has 26 heavy (non-hydrogen) atoms. The predicted molar refractivity (Wildman–Crippen MR) is 101 cm³/mol. The van der Waals surface area contributed by atoms with Crippen molar-refractivity contribution in [1.82, 2.24) is 5.32 Å². The molecular weight excluding hydrogens is 381 g/mol. The Balaban J connectivity index is 0.000000359. The number of ether oxygens (including phenoxy) is 1. The lowest BCUT2D eigenvalue weighted by Gasteiger charge is -2.32. The van der Waals surface area contributed by atoms with Crippen molar-refractivity contribution in [3.8, 4) is 0 Å². The first-order valence-electron chi connectivity index (χ1n) is 8.22. The SMILES string of the molecule is CCOC[C@H]1CNCC[C@@H]1c1ccc(Cl)c(Cl)c1.O=C(O)/C=C/C(=O)O. The van der Waals surface area contributed by atoms with Gasteiger partial charge in [0.2, 0.25) is 0 Å². The number of aliphatic carboxylic acids is 2. The maximum atomic E-state index is 9.55. The van der Waals surface area contributed by atoms with E-state index in [1.807, 2.05) is 19.1 Å². The van der Waals surface area contributed by atoms with Gasteiger partial charge in [0, 0.05) is 31.2 Å². The highest BCUT2D eigenvalue weighted by Crippen LogP contribution is 2.34. The lowest BCUT2D eigenvalue weighted by molar-refractivity contribution is -0.134. The van der Waals surface area contributed by atoms with Crippen LogP contribution in [0.1, 0.15) is 24.8 Å². The molecule has 1 aliphatic heterocycles. The second kappa shape index (κ2) is 11.9. The Hall–Kier alpha value is -1.60. The number of rotatable bonds is 6. The first kappa shape index (κ1) is 22.4. The molecule has 2 rings (SSSR count). The highest BCUT2D eigenvalue weighted by atomic mass is 35.5. The van der Waals surface area contributed by atoms with Crippen molar-refractivity contribution in [2.45, 2.75) is 19.3 Å². The Morgan fingerprint density at radius 3 is 2.42 bits per heavy atom. The minimum Gasteiger partial charge on any atom is -0.478 e. The average Bonchev–Trinajstić information content (AvgIpc) is 2.61. The van der Waals surface area contributed by atoms with Crippen LogP contribution in [0.5, 0.6) is 0 Å². The van der Waals surface area contributed by atoms with Gasteiger partial charge in [-0.1, -0.05) is 29.3 Å². The van der Waals surface area contributed by atoms with Crippen LogP contribution < -0.4 is 5.32 Å². The number of piperidine rings is 1. The third-order valence-electron chi connectivity index (χ3n) is 3.88. The molecule has 1 fully saturated rings. The molecule has 3 N–H and O–H groups in total. The van der Waals surface area contributed by atoms with Crippen molar-refractivity contribution in [1.29, 1.82) is 0 Å². The maximum absolute atomic E-state index is 9.55. The monoisotopic (exact) mass is 403 g/mol. The summed E-state index contributed by atoms with van der Waals surface area (Å²) in [5.74, 6) is -1.50. The van der Waals surface area contributed by atoms with Crippen LogP contribution in [0, 0.1) is 5.92 Å². The Bertz CT molecular complexity index is 620. The fourth-order valence-corrected chi connectivity index (χ4v) is 3.00. The summed E-state index contributed by atoms with van der Waals surface area (Å²) in [5, 5.41) is 20.3. The number of nitrogens with one attached hydrogen (secondary N) is 1. The molecule has 1 aliphatic rings. The van der Waals surface area contributed by atoms with E-state index in [4.69, 9.17) is 38.2 Å². The number of carboxylic acid groups (broad SMARTS) is 2. The zero-order valence-corrected chi connectivity index (χ0v) is 16.0. The summed E-state index contributed by atoms with van der Waals surface area (Å²) < 4.78 is 5.58. The highest BCUT2D eigenvalue weighted by molar-refractivity contribution is 6.42. The van der Waals surface area contributed by atoms with Gasteiger partial charge in [-0.15, -0.1) is 0 Å². The van der Waals surface area contributed by atoms with E-state index in [-0.39, 0.29) is 0 Å². The summed E-state index contributed by atoms with van der Waals surface area (Å²) in [6.07, 6.45) is 2.24. The number of carboxylic acids is 2. The molecule has 1 saturated heterocycles. The molecule has 6 nitrogen and oxygen atoms in total. The molecule has 0 amide bonds. The van der Waals surface area contributed by atoms with Crippen LogP contribution in [0.4, 0.5) is 0 Å². The standard InChI is InChI=1S/C14H19Cl2NO.C4H4O4/c1-2-18-9-11-8-17-6-5-12(11)10-3-4-13(15)14(16)7-10;5-3(6)1-2-4(7)8/h3-4,7,11-12,17H,2,5-6,8-9H2,1H3;1-2H,(H,5,6)(H,7,8)/b;2-1+/t11-,12-;/m1./s1. The quantitative estimate of drug-likeness (QED) is 0.629. The zero-order chi connectivity index (χ0) is 19.5. The lowest BCUT2D eigenvalue weighted by Crippen LogP contribution is -2.37. The summed E-state index contributed by atoms with van der Waals surface area (Å²) in [5.41, 5.74) is 1.27. The molecule has 0 aromatic heterocycles. The average molecular weight is 404 g/mol. The molecule has 144 valence electrons. The fourth-order valence-electron chi connectivity index (χ4n) is 2.69. The van der Waals surface area contributed by atoms with E-state index < -0.39 is 11.9 Å². The summed E-state index contributed by atoms with van der Waals surface area (Å²) in [7, 11) is 0. The van der Waals surface area contributed by atoms with Crippen LogP contribution in [0.25, 0.3) is 0 Å². The minimum atomic E-state index is -1.26. The largest absolute Gasteiger partial charge is 0.478 e. The molecule has 0 unspecified atom stereocenters. The van der Waals surface area contributed by atoms with Crippen molar-refractivity contribution >= 4 is 35.1 Å². The molecule has 1 aromatic rings. The normalized spacial score (nSPS) is 19.7. The van der Waals surface area contributed by atoms with E-state index >= 15 is 0 Å². The van der Waals surface area contributed by atoms with Gasteiger partial charge in [0.1, 0.15) is 0 Å². The van der Waals surface area contributed by atoms with Crippen molar-refractivity contribution in [2.24, 2.45) is 5.92 Å². The van der Waals surface area contributed by atoms with Crippen LogP contribution >= 0.6 is 23.2 Å². The molecular formula is C18H23Cl2NO5. The number of carbonyl (C=O) groups is 2. The number of halogens is 2. The number of hydrogen-bond acceptors (Lipinski definition) is 4. The third kappa shape index (κ3) is 8.19. The first-order valence-corrected chi connectivity index (χ1v) is 8.98. The van der Waals surface area contributed by atoms with Gasteiger partial charge in [-0.2, -0.15) is 0 Å². The van der Waals surface area contributed by atoms with E-state index in [9.17, 15) is 9.59 Å². The van der Waals surface area contributed by atoms with E-state index in [2.05, 4.69) is 11.4 Å². The second-order valence-corrected chi connectivity index (χ2v) is 6.52. The summed E-state index contributed by atoms with van der Waals surface area (Å²) in [6, 6.07) is 5.97. The van der Waals surface area contributed by atoms with Crippen LogP contribution in [0.15, 0.2) is 30.4 Å². The van der Waals surface area contributed by atoms with Gasteiger partial charge in [0.05, 0.1) is 16.7 Å². The van der Waals surface area contributed by atoms with Gasteiger partial charge in [0.15, 0.2) is 0 Å². The summed E-state index contributed by atoms with van der Waals surface area (Å²) in [6.45, 7) is 5.65. The highest BCUT2D eigenvalue weighted by Gasteiger charge is 2.26. The summed E-state index contributed by atoms with van der Waals surface area (Å²) in [4.78, 5) is 19.1. The van der Waals surface area contributed by atoms with Gasteiger partial charge in [-0.25, -0.2) is 9.59 Å². The van der Waals surface area contributed by atoms with E-state index in [1.165, 1.54) is 5.56 Å². The van der Waals surface area contributed by atoms with Crippen LogP contribution in [-0.2, 0) is 14.3 Å². The maximum Gasteiger partial charge on any atom is 0.328 e. The molecule has 8 heteroatoms. The van der Waals surface area contributed by atoms with Crippen LogP contribution in [0.3, 0.4) is 0 Å². The number of benzene rings is 1. The first-order chi connectivity index (χ1) is 12.3. The molecule has 1 heterocycles.